The molecule has 3 heteroatoms. The molecule has 0 amide bonds. The number of rotatable bonds is 3. The molecule has 1 N–H and O–H groups in total. The standard InChI is InChI=1S/C13H18ClNO/c1-16-13-8-10(4-5-12(13)14)7-11-3-2-6-15-9-11/h4-5,8,11,15H,2-3,6-7,9H2,1H3. The Kier molecular flexibility index (Phi) is 4.08. The molecule has 1 aromatic rings. The van der Waals surface area contributed by atoms with Crippen LogP contribution in [0.25, 0.3) is 0 Å². The second-order valence-corrected chi connectivity index (χ2v) is 4.79. The fourth-order valence-corrected chi connectivity index (χ4v) is 2.46. The van der Waals surface area contributed by atoms with Gasteiger partial charge in [0.1, 0.15) is 5.75 Å². The number of hydrogen-bond acceptors (Lipinski definition) is 2. The maximum absolute atomic E-state index is 6.00. The highest BCUT2D eigenvalue weighted by Crippen LogP contribution is 2.27. The summed E-state index contributed by atoms with van der Waals surface area (Å²) in [5.41, 5.74) is 1.31. The van der Waals surface area contributed by atoms with E-state index < -0.39 is 0 Å². The van der Waals surface area contributed by atoms with Crippen molar-refractivity contribution in [3.8, 4) is 5.75 Å². The second-order valence-electron chi connectivity index (χ2n) is 4.39. The molecule has 1 saturated heterocycles. The summed E-state index contributed by atoms with van der Waals surface area (Å²) in [4.78, 5) is 0. The third-order valence-electron chi connectivity index (χ3n) is 3.14. The fraction of sp³-hybridized carbons (Fsp3) is 0.538. The van der Waals surface area contributed by atoms with Crippen LogP contribution in [0.2, 0.25) is 5.02 Å². The fourth-order valence-electron chi connectivity index (χ4n) is 2.26. The van der Waals surface area contributed by atoms with E-state index >= 15 is 0 Å². The number of hydrogen-bond donors (Lipinski definition) is 1. The minimum Gasteiger partial charge on any atom is -0.495 e. The second kappa shape index (κ2) is 5.55. The summed E-state index contributed by atoms with van der Waals surface area (Å²) < 4.78 is 5.23. The predicted molar refractivity (Wildman–Crippen MR) is 67.3 cm³/mol. The molecule has 1 aliphatic heterocycles. The average Bonchev–Trinajstić information content (AvgIpc) is 2.33. The van der Waals surface area contributed by atoms with Crippen molar-refractivity contribution in [2.24, 2.45) is 5.92 Å². The maximum Gasteiger partial charge on any atom is 0.137 e. The van der Waals surface area contributed by atoms with Crippen LogP contribution in [0.1, 0.15) is 18.4 Å². The first kappa shape index (κ1) is 11.7. The van der Waals surface area contributed by atoms with Gasteiger partial charge in [0, 0.05) is 0 Å². The van der Waals surface area contributed by atoms with E-state index in [1.807, 2.05) is 6.07 Å². The van der Waals surface area contributed by atoms with Crippen LogP contribution >= 0.6 is 11.6 Å². The Morgan fingerprint density at radius 1 is 1.50 bits per heavy atom. The number of methoxy groups -OCH3 is 1. The minimum atomic E-state index is 0.688. The molecule has 1 aromatic carbocycles. The zero-order valence-corrected chi connectivity index (χ0v) is 10.4. The summed E-state index contributed by atoms with van der Waals surface area (Å²) in [6.45, 7) is 2.30. The van der Waals surface area contributed by atoms with Gasteiger partial charge in [0.15, 0.2) is 0 Å². The number of benzene rings is 1. The Balaban J connectivity index is 2.03. The van der Waals surface area contributed by atoms with Gasteiger partial charge in [0.05, 0.1) is 12.1 Å². The highest BCUT2D eigenvalue weighted by Gasteiger charge is 2.14. The highest BCUT2D eigenvalue weighted by atomic mass is 35.5. The molecule has 0 spiro atoms. The SMILES string of the molecule is COc1cc(CC2CCCNC2)ccc1Cl. The summed E-state index contributed by atoms with van der Waals surface area (Å²) in [6, 6.07) is 6.07. The third-order valence-corrected chi connectivity index (χ3v) is 3.45. The zero-order valence-electron chi connectivity index (χ0n) is 9.63. The van der Waals surface area contributed by atoms with Crippen LogP contribution in [0.4, 0.5) is 0 Å². The third kappa shape index (κ3) is 2.89. The molecule has 16 heavy (non-hydrogen) atoms. The van der Waals surface area contributed by atoms with Crippen LogP contribution in [0.3, 0.4) is 0 Å². The van der Waals surface area contributed by atoms with Crippen LogP contribution in [0.15, 0.2) is 18.2 Å². The largest absolute Gasteiger partial charge is 0.495 e. The Morgan fingerprint density at radius 3 is 3.06 bits per heavy atom. The van der Waals surface area contributed by atoms with Crippen molar-refractivity contribution in [1.29, 1.82) is 0 Å². The molecule has 0 radical (unpaired) electrons. The summed E-state index contributed by atoms with van der Waals surface area (Å²) in [5.74, 6) is 1.53. The zero-order chi connectivity index (χ0) is 11.4. The lowest BCUT2D eigenvalue weighted by molar-refractivity contribution is 0.374. The molecule has 2 rings (SSSR count). The van der Waals surface area contributed by atoms with E-state index in [0.717, 1.165) is 24.6 Å². The molecule has 0 aromatic heterocycles. The van der Waals surface area contributed by atoms with Gasteiger partial charge in [-0.15, -0.1) is 0 Å². The Labute approximate surface area is 102 Å². The van der Waals surface area contributed by atoms with Gasteiger partial charge in [-0.2, -0.15) is 0 Å². The van der Waals surface area contributed by atoms with E-state index in [4.69, 9.17) is 16.3 Å². The van der Waals surface area contributed by atoms with Crippen LogP contribution in [-0.2, 0) is 6.42 Å². The van der Waals surface area contributed by atoms with E-state index in [2.05, 4.69) is 17.4 Å². The van der Waals surface area contributed by atoms with Crippen molar-refractivity contribution in [2.45, 2.75) is 19.3 Å². The number of piperidine rings is 1. The first-order valence-corrected chi connectivity index (χ1v) is 6.20. The lowest BCUT2D eigenvalue weighted by Gasteiger charge is -2.22. The molecule has 0 bridgehead atoms. The molecule has 0 aliphatic carbocycles. The lowest BCUT2D eigenvalue weighted by atomic mass is 9.92. The van der Waals surface area contributed by atoms with E-state index in [1.54, 1.807) is 7.11 Å². The average molecular weight is 240 g/mol. The van der Waals surface area contributed by atoms with Crippen LogP contribution in [0.5, 0.6) is 5.75 Å². The van der Waals surface area contributed by atoms with Crippen LogP contribution in [0, 0.1) is 5.92 Å². The summed E-state index contributed by atoms with van der Waals surface area (Å²) in [7, 11) is 1.66. The number of nitrogens with one attached hydrogen (secondary N) is 1. The molecular formula is C13H18ClNO. The van der Waals surface area contributed by atoms with Gasteiger partial charge >= 0.3 is 0 Å². The summed E-state index contributed by atoms with van der Waals surface area (Å²) in [5, 5.41) is 4.13. The minimum absolute atomic E-state index is 0.688. The Bertz CT molecular complexity index is 348. The van der Waals surface area contributed by atoms with Gasteiger partial charge in [-0.05, 0) is 56.0 Å². The van der Waals surface area contributed by atoms with E-state index in [9.17, 15) is 0 Å². The van der Waals surface area contributed by atoms with E-state index in [0.29, 0.717) is 5.02 Å². The Morgan fingerprint density at radius 2 is 2.38 bits per heavy atom. The first-order chi connectivity index (χ1) is 7.79. The number of halogens is 1. The van der Waals surface area contributed by atoms with Crippen molar-refractivity contribution >= 4 is 11.6 Å². The van der Waals surface area contributed by atoms with Crippen molar-refractivity contribution in [3.63, 3.8) is 0 Å². The topological polar surface area (TPSA) is 21.3 Å². The van der Waals surface area contributed by atoms with Gasteiger partial charge in [-0.1, -0.05) is 17.7 Å². The molecule has 1 unspecified atom stereocenters. The lowest BCUT2D eigenvalue weighted by Crippen LogP contribution is -2.30. The van der Waals surface area contributed by atoms with Crippen LogP contribution < -0.4 is 10.1 Å². The number of ether oxygens (including phenoxy) is 1. The van der Waals surface area contributed by atoms with Gasteiger partial charge in [0.25, 0.3) is 0 Å². The van der Waals surface area contributed by atoms with E-state index in [-0.39, 0.29) is 0 Å². The monoisotopic (exact) mass is 239 g/mol. The van der Waals surface area contributed by atoms with Crippen molar-refractivity contribution in [3.05, 3.63) is 28.8 Å². The molecule has 88 valence electrons. The molecule has 1 heterocycles. The van der Waals surface area contributed by atoms with Gasteiger partial charge in [-0.25, -0.2) is 0 Å². The summed E-state index contributed by atoms with van der Waals surface area (Å²) >= 11 is 6.00. The van der Waals surface area contributed by atoms with Gasteiger partial charge < -0.3 is 10.1 Å². The highest BCUT2D eigenvalue weighted by molar-refractivity contribution is 6.32. The van der Waals surface area contributed by atoms with Crippen molar-refractivity contribution in [2.75, 3.05) is 20.2 Å². The molecular weight excluding hydrogens is 222 g/mol. The first-order valence-electron chi connectivity index (χ1n) is 5.82. The normalized spacial score (nSPS) is 20.8. The van der Waals surface area contributed by atoms with E-state index in [1.165, 1.54) is 24.9 Å². The quantitative estimate of drug-likeness (QED) is 0.876. The molecule has 1 fully saturated rings. The van der Waals surface area contributed by atoms with Gasteiger partial charge in [-0.3, -0.25) is 0 Å². The van der Waals surface area contributed by atoms with Crippen molar-refractivity contribution in [1.82, 2.24) is 5.32 Å². The maximum atomic E-state index is 6.00. The van der Waals surface area contributed by atoms with Gasteiger partial charge in [0.2, 0.25) is 0 Å². The smallest absolute Gasteiger partial charge is 0.137 e. The molecule has 1 aliphatic rings. The Hall–Kier alpha value is -0.730. The predicted octanol–water partition coefficient (Wildman–Crippen LogP) is 2.89. The molecule has 1 atom stereocenters. The summed E-state index contributed by atoms with van der Waals surface area (Å²) in [6.07, 6.45) is 3.72. The molecule has 2 nitrogen and oxygen atoms in total. The van der Waals surface area contributed by atoms with Crippen LogP contribution in [-0.4, -0.2) is 20.2 Å². The van der Waals surface area contributed by atoms with Crippen molar-refractivity contribution < 1.29 is 4.74 Å². The molecule has 0 saturated carbocycles.